The van der Waals surface area contributed by atoms with Gasteiger partial charge in [-0.2, -0.15) is 0 Å². The second kappa shape index (κ2) is 6.83. The summed E-state index contributed by atoms with van der Waals surface area (Å²) in [7, 11) is 3.01. The van der Waals surface area contributed by atoms with E-state index in [-0.39, 0.29) is 11.7 Å². The second-order valence-corrected chi connectivity index (χ2v) is 4.69. The first-order valence-electron chi connectivity index (χ1n) is 6.44. The number of methoxy groups -OCH3 is 2. The molecule has 1 atom stereocenters. The van der Waals surface area contributed by atoms with Crippen molar-refractivity contribution in [2.24, 2.45) is 10.9 Å². The molecule has 0 bridgehead atoms. The van der Waals surface area contributed by atoms with Gasteiger partial charge in [-0.05, 0) is 31.5 Å². The molecule has 0 heterocycles. The molecular weight excluding hydrogens is 274 g/mol. The van der Waals surface area contributed by atoms with Gasteiger partial charge in [-0.25, -0.2) is 0 Å². The summed E-state index contributed by atoms with van der Waals surface area (Å²) in [5, 5.41) is 14.5. The van der Waals surface area contributed by atoms with Gasteiger partial charge in [-0.1, -0.05) is 12.1 Å². The van der Waals surface area contributed by atoms with Crippen LogP contribution < -0.4 is 20.5 Å². The monoisotopic (exact) mass is 295 g/mol. The minimum absolute atomic E-state index is 0.0566. The molecule has 0 radical (unpaired) electrons. The van der Waals surface area contributed by atoms with Crippen molar-refractivity contribution >= 4 is 11.7 Å². The van der Waals surface area contributed by atoms with Crippen LogP contribution in [0.4, 0.5) is 0 Å². The minimum Gasteiger partial charge on any atom is -0.493 e. The highest BCUT2D eigenvalue weighted by Crippen LogP contribution is 2.27. The number of amides is 1. The molecule has 1 amide bonds. The van der Waals surface area contributed by atoms with E-state index in [4.69, 9.17) is 20.4 Å². The zero-order valence-electron chi connectivity index (χ0n) is 12.6. The molecule has 116 valence electrons. The quantitative estimate of drug-likeness (QED) is 0.318. The van der Waals surface area contributed by atoms with Gasteiger partial charge in [-0.3, -0.25) is 4.79 Å². The summed E-state index contributed by atoms with van der Waals surface area (Å²) in [4.78, 5) is 12.3. The van der Waals surface area contributed by atoms with Crippen molar-refractivity contribution in [3.8, 4) is 11.5 Å². The zero-order valence-corrected chi connectivity index (χ0v) is 12.6. The molecule has 7 heteroatoms. The highest BCUT2D eigenvalue weighted by atomic mass is 16.5. The van der Waals surface area contributed by atoms with Gasteiger partial charge in [0.15, 0.2) is 17.3 Å². The molecule has 0 spiro atoms. The summed E-state index contributed by atoms with van der Waals surface area (Å²) >= 11 is 0. The lowest BCUT2D eigenvalue weighted by molar-refractivity contribution is 0.0924. The van der Waals surface area contributed by atoms with Gasteiger partial charge in [0, 0.05) is 5.56 Å². The Kier molecular flexibility index (Phi) is 5.40. The molecular formula is C14H21N3O4. The summed E-state index contributed by atoms with van der Waals surface area (Å²) in [5.41, 5.74) is 5.09. The highest BCUT2D eigenvalue weighted by Gasteiger charge is 2.30. The van der Waals surface area contributed by atoms with Crippen LogP contribution in [0.5, 0.6) is 11.5 Å². The fraction of sp³-hybridized carbons (Fsp3) is 0.429. The van der Waals surface area contributed by atoms with Crippen LogP contribution in [-0.2, 0) is 0 Å². The van der Waals surface area contributed by atoms with Crippen LogP contribution >= 0.6 is 0 Å². The topological polar surface area (TPSA) is 106 Å². The maximum Gasteiger partial charge on any atom is 0.252 e. The Morgan fingerprint density at radius 1 is 1.38 bits per heavy atom. The van der Waals surface area contributed by atoms with Crippen LogP contribution in [0.3, 0.4) is 0 Å². The maximum absolute atomic E-state index is 12.3. The van der Waals surface area contributed by atoms with Gasteiger partial charge >= 0.3 is 0 Å². The third-order valence-corrected chi connectivity index (χ3v) is 3.42. The van der Waals surface area contributed by atoms with Gasteiger partial charge in [0.2, 0.25) is 0 Å². The fourth-order valence-electron chi connectivity index (χ4n) is 1.74. The third kappa shape index (κ3) is 3.56. The number of oxime groups is 1. The maximum atomic E-state index is 12.3. The molecule has 0 aromatic heterocycles. The smallest absolute Gasteiger partial charge is 0.252 e. The summed E-state index contributed by atoms with van der Waals surface area (Å²) in [5.74, 6) is 0.571. The van der Waals surface area contributed by atoms with Crippen LogP contribution in [-0.4, -0.2) is 36.7 Å². The Hall–Kier alpha value is -2.44. The van der Waals surface area contributed by atoms with E-state index < -0.39 is 5.54 Å². The number of carbonyl (C=O) groups is 1. The van der Waals surface area contributed by atoms with Crippen LogP contribution in [0.25, 0.3) is 0 Å². The van der Waals surface area contributed by atoms with Crippen LogP contribution in [0.2, 0.25) is 0 Å². The lowest BCUT2D eigenvalue weighted by Gasteiger charge is -2.28. The number of nitrogens with two attached hydrogens (primary N) is 1. The van der Waals surface area contributed by atoms with E-state index in [1.165, 1.54) is 14.2 Å². The van der Waals surface area contributed by atoms with E-state index in [1.54, 1.807) is 25.1 Å². The zero-order chi connectivity index (χ0) is 16.0. The molecule has 1 unspecified atom stereocenters. The summed E-state index contributed by atoms with van der Waals surface area (Å²) in [6.45, 7) is 3.51. The number of amidine groups is 1. The van der Waals surface area contributed by atoms with Crippen molar-refractivity contribution in [3.63, 3.8) is 0 Å². The largest absolute Gasteiger partial charge is 0.493 e. The Bertz CT molecular complexity index is 545. The predicted molar refractivity (Wildman–Crippen MR) is 79.1 cm³/mol. The molecule has 0 aliphatic carbocycles. The van der Waals surface area contributed by atoms with Crippen molar-refractivity contribution in [3.05, 3.63) is 23.8 Å². The first kappa shape index (κ1) is 16.6. The normalized spacial score (nSPS) is 14.2. The molecule has 0 saturated carbocycles. The molecule has 1 aromatic carbocycles. The average molecular weight is 295 g/mol. The van der Waals surface area contributed by atoms with E-state index >= 15 is 0 Å². The van der Waals surface area contributed by atoms with Crippen LogP contribution in [0.15, 0.2) is 23.4 Å². The Morgan fingerprint density at radius 2 is 2.00 bits per heavy atom. The highest BCUT2D eigenvalue weighted by molar-refractivity contribution is 6.00. The molecule has 4 N–H and O–H groups in total. The van der Waals surface area contributed by atoms with E-state index in [0.717, 1.165) is 0 Å². The first-order valence-corrected chi connectivity index (χ1v) is 6.44. The van der Waals surface area contributed by atoms with Crippen molar-refractivity contribution in [2.45, 2.75) is 25.8 Å². The third-order valence-electron chi connectivity index (χ3n) is 3.42. The van der Waals surface area contributed by atoms with Crippen molar-refractivity contribution in [1.82, 2.24) is 5.32 Å². The van der Waals surface area contributed by atoms with Gasteiger partial charge in [0.05, 0.1) is 19.8 Å². The number of hydrogen-bond acceptors (Lipinski definition) is 5. The number of nitrogens with one attached hydrogen (secondary N) is 1. The number of carbonyl (C=O) groups excluding carboxylic acids is 1. The van der Waals surface area contributed by atoms with E-state index in [9.17, 15) is 4.79 Å². The molecule has 1 rings (SSSR count). The average Bonchev–Trinajstić information content (AvgIpc) is 2.52. The van der Waals surface area contributed by atoms with Crippen molar-refractivity contribution in [1.29, 1.82) is 0 Å². The van der Waals surface area contributed by atoms with Crippen LogP contribution in [0.1, 0.15) is 30.6 Å². The molecule has 7 nitrogen and oxygen atoms in total. The molecule has 0 saturated heterocycles. The van der Waals surface area contributed by atoms with Crippen molar-refractivity contribution in [2.75, 3.05) is 14.2 Å². The standard InChI is InChI=1S/C14H21N3O4/c1-5-14(2,13(15)17-19)16-12(18)9-6-7-10(20-3)11(8-9)21-4/h6-8,19H,5H2,1-4H3,(H2,15,17)(H,16,18). The lowest BCUT2D eigenvalue weighted by atomic mass is 9.97. The van der Waals surface area contributed by atoms with Gasteiger partial charge < -0.3 is 25.7 Å². The van der Waals surface area contributed by atoms with E-state index in [1.807, 2.05) is 6.92 Å². The lowest BCUT2D eigenvalue weighted by Crippen LogP contribution is -2.55. The number of ether oxygens (including phenoxy) is 2. The van der Waals surface area contributed by atoms with E-state index in [0.29, 0.717) is 23.5 Å². The van der Waals surface area contributed by atoms with E-state index in [2.05, 4.69) is 10.5 Å². The molecule has 1 aromatic rings. The number of rotatable bonds is 6. The first-order chi connectivity index (χ1) is 9.91. The molecule has 0 fully saturated rings. The minimum atomic E-state index is -0.932. The van der Waals surface area contributed by atoms with Gasteiger partial charge in [0.25, 0.3) is 5.91 Å². The molecule has 21 heavy (non-hydrogen) atoms. The number of hydrogen-bond donors (Lipinski definition) is 3. The SMILES string of the molecule is CCC(C)(NC(=O)c1ccc(OC)c(OC)c1)/C(N)=N/O. The Labute approximate surface area is 123 Å². The van der Waals surface area contributed by atoms with Crippen LogP contribution in [0, 0.1) is 0 Å². The van der Waals surface area contributed by atoms with Gasteiger partial charge in [-0.15, -0.1) is 0 Å². The summed E-state index contributed by atoms with van der Waals surface area (Å²) in [6.07, 6.45) is 0.474. The molecule has 0 aliphatic heterocycles. The second-order valence-electron chi connectivity index (χ2n) is 4.69. The van der Waals surface area contributed by atoms with Gasteiger partial charge in [0.1, 0.15) is 0 Å². The summed E-state index contributed by atoms with van der Waals surface area (Å²) in [6, 6.07) is 4.82. The Morgan fingerprint density at radius 3 is 2.48 bits per heavy atom. The fourth-order valence-corrected chi connectivity index (χ4v) is 1.74. The number of nitrogens with zero attached hydrogens (tertiary/aromatic N) is 1. The van der Waals surface area contributed by atoms with Crippen molar-refractivity contribution < 1.29 is 19.5 Å². The molecule has 0 aliphatic rings. The Balaban J connectivity index is 3.04. The summed E-state index contributed by atoms with van der Waals surface area (Å²) < 4.78 is 10.3. The predicted octanol–water partition coefficient (Wildman–Crippen LogP) is 1.35. The number of benzene rings is 1.